The predicted molar refractivity (Wildman–Crippen MR) is 203 cm³/mol. The van der Waals surface area contributed by atoms with E-state index in [1.807, 2.05) is 0 Å². The summed E-state index contributed by atoms with van der Waals surface area (Å²) in [4.78, 5) is 7.82. The van der Waals surface area contributed by atoms with Crippen molar-refractivity contribution >= 4 is 28.1 Å². The molecule has 0 saturated carbocycles. The van der Waals surface area contributed by atoms with Crippen molar-refractivity contribution in [2.45, 2.75) is 12.3 Å². The summed E-state index contributed by atoms with van der Waals surface area (Å²) in [6.07, 6.45) is 0. The zero-order valence-electron chi connectivity index (χ0n) is 27.4. The fourth-order valence-electron chi connectivity index (χ4n) is 8.82. The highest BCUT2D eigenvalue weighted by atomic mass is 16.5. The lowest BCUT2D eigenvalue weighted by Gasteiger charge is -2.39. The minimum absolute atomic E-state index is 0.570. The number of fused-ring (bicyclic) bond motifs is 12. The number of benzene rings is 7. The highest BCUT2D eigenvalue weighted by Gasteiger charge is 2.57. The molecule has 1 aliphatic carbocycles. The maximum atomic E-state index is 6.66. The van der Waals surface area contributed by atoms with Crippen molar-refractivity contribution in [1.82, 2.24) is 4.98 Å². The van der Waals surface area contributed by atoms with E-state index in [0.29, 0.717) is 0 Å². The fraction of sp³-hybridized carbons (Fsp3) is 0.0426. The van der Waals surface area contributed by atoms with Gasteiger partial charge in [0.15, 0.2) is 0 Å². The molecule has 0 N–H and O–H groups in total. The number of nitrogens with zero attached hydrogens (tertiary/aromatic N) is 2. The van der Waals surface area contributed by atoms with E-state index < -0.39 is 5.41 Å². The number of para-hydroxylation sites is 3. The van der Waals surface area contributed by atoms with Gasteiger partial charge in [-0.1, -0.05) is 133 Å². The molecule has 0 fully saturated rings. The van der Waals surface area contributed by atoms with Crippen LogP contribution in [0.1, 0.15) is 27.8 Å². The zero-order valence-corrected chi connectivity index (χ0v) is 27.4. The van der Waals surface area contributed by atoms with Gasteiger partial charge in [0.1, 0.15) is 17.3 Å². The molecular weight excluding hydrogens is 609 g/mol. The molecule has 0 atom stereocenters. The van der Waals surface area contributed by atoms with Gasteiger partial charge in [-0.15, -0.1) is 0 Å². The summed E-state index contributed by atoms with van der Waals surface area (Å²) in [6.45, 7) is 2.21. The van der Waals surface area contributed by atoms with Crippen LogP contribution in [0.25, 0.3) is 44.3 Å². The molecule has 50 heavy (non-hydrogen) atoms. The lowest BCUT2D eigenvalue weighted by molar-refractivity contribution is 0.436. The average Bonchev–Trinajstić information content (AvgIpc) is 3.85. The standard InChI is InChI=1S/C47H30N2O/c1-29-15-5-6-18-31(29)36-27-35-32-19-7-9-21-37(32)47(38-22-10-13-25-41(38)50-42-26-14-11-23-39(42)47)44(35)46-45(36)49(46)43-28-34(30-16-3-2-4-17-30)33-20-8-12-24-40(33)48-43/h2-28H,1H3. The molecule has 0 bridgehead atoms. The minimum Gasteiger partial charge on any atom is -0.457 e. The number of aryl methyl sites for hydroxylation is 1. The Balaban J connectivity index is 1.27. The molecule has 11 rings (SSSR count). The molecule has 0 radical (unpaired) electrons. The second-order valence-electron chi connectivity index (χ2n) is 13.5. The van der Waals surface area contributed by atoms with E-state index >= 15 is 0 Å². The molecule has 3 heterocycles. The van der Waals surface area contributed by atoms with Gasteiger partial charge in [-0.25, -0.2) is 4.98 Å². The average molecular weight is 639 g/mol. The zero-order chi connectivity index (χ0) is 33.0. The van der Waals surface area contributed by atoms with Crippen molar-refractivity contribution in [3.63, 3.8) is 0 Å². The van der Waals surface area contributed by atoms with Crippen molar-refractivity contribution in [2.24, 2.45) is 0 Å². The van der Waals surface area contributed by atoms with Gasteiger partial charge in [0.25, 0.3) is 0 Å². The molecule has 1 aromatic heterocycles. The van der Waals surface area contributed by atoms with E-state index in [1.165, 1.54) is 72.6 Å². The van der Waals surface area contributed by atoms with Gasteiger partial charge in [0.05, 0.1) is 22.3 Å². The smallest absolute Gasteiger partial charge is 0.139 e. The number of hydrogen-bond donors (Lipinski definition) is 0. The normalized spacial score (nSPS) is 14.0. The van der Waals surface area contributed by atoms with Crippen LogP contribution < -0.4 is 9.64 Å². The second-order valence-corrected chi connectivity index (χ2v) is 13.5. The second kappa shape index (κ2) is 10.0. The Bertz CT molecular complexity index is 2670. The van der Waals surface area contributed by atoms with Crippen LogP contribution >= 0.6 is 0 Å². The third-order valence-electron chi connectivity index (χ3n) is 10.9. The molecule has 8 aromatic rings. The van der Waals surface area contributed by atoms with Gasteiger partial charge in [-0.3, -0.25) is 4.90 Å². The number of pyridine rings is 1. The van der Waals surface area contributed by atoms with Crippen LogP contribution in [0.15, 0.2) is 164 Å². The monoisotopic (exact) mass is 638 g/mol. The van der Waals surface area contributed by atoms with E-state index in [-0.39, 0.29) is 0 Å². The summed E-state index contributed by atoms with van der Waals surface area (Å²) in [5, 5.41) is 1.15. The van der Waals surface area contributed by atoms with Crippen LogP contribution in [0, 0.1) is 6.92 Å². The highest BCUT2D eigenvalue weighted by Crippen LogP contribution is 2.72. The first-order chi connectivity index (χ1) is 24.7. The van der Waals surface area contributed by atoms with E-state index in [9.17, 15) is 0 Å². The Morgan fingerprint density at radius 2 is 1.12 bits per heavy atom. The molecule has 3 heteroatoms. The summed E-state index contributed by atoms with van der Waals surface area (Å²) < 4.78 is 6.66. The third-order valence-corrected chi connectivity index (χ3v) is 10.9. The molecule has 0 saturated heterocycles. The molecule has 0 unspecified atom stereocenters. The molecule has 2 aliphatic heterocycles. The number of ether oxygens (including phenoxy) is 1. The number of hydrogen-bond acceptors (Lipinski definition) is 3. The van der Waals surface area contributed by atoms with Crippen molar-refractivity contribution in [3.8, 4) is 44.9 Å². The molecule has 7 aromatic carbocycles. The molecule has 1 spiro atoms. The Kier molecular flexibility index (Phi) is 5.52. The lowest BCUT2D eigenvalue weighted by atomic mass is 9.66. The van der Waals surface area contributed by atoms with Crippen molar-refractivity contribution in [1.29, 1.82) is 0 Å². The largest absolute Gasteiger partial charge is 0.457 e. The van der Waals surface area contributed by atoms with Crippen LogP contribution in [0.2, 0.25) is 0 Å². The Hall–Kier alpha value is -6.45. The first-order valence-electron chi connectivity index (χ1n) is 17.2. The molecular formula is C47H30N2O. The van der Waals surface area contributed by atoms with Crippen LogP contribution in [0.3, 0.4) is 0 Å². The maximum Gasteiger partial charge on any atom is 0.139 e. The molecule has 0 amide bonds. The van der Waals surface area contributed by atoms with Gasteiger partial charge in [0, 0.05) is 27.6 Å². The van der Waals surface area contributed by atoms with Crippen molar-refractivity contribution in [3.05, 3.63) is 192 Å². The summed E-state index contributed by atoms with van der Waals surface area (Å²) in [7, 11) is 0. The highest BCUT2D eigenvalue weighted by molar-refractivity contribution is 6.16. The van der Waals surface area contributed by atoms with Crippen molar-refractivity contribution < 1.29 is 4.74 Å². The Morgan fingerprint density at radius 3 is 1.88 bits per heavy atom. The van der Waals surface area contributed by atoms with Crippen LogP contribution in [0.5, 0.6) is 11.5 Å². The number of rotatable bonds is 3. The molecule has 3 nitrogen and oxygen atoms in total. The van der Waals surface area contributed by atoms with Gasteiger partial charge in [-0.2, -0.15) is 0 Å². The summed E-state index contributed by atoms with van der Waals surface area (Å²) >= 11 is 0. The number of anilines is 3. The van der Waals surface area contributed by atoms with Crippen LogP contribution in [-0.4, -0.2) is 4.98 Å². The summed E-state index contributed by atoms with van der Waals surface area (Å²) in [5.74, 6) is 2.72. The van der Waals surface area contributed by atoms with Gasteiger partial charge in [-0.05, 0) is 76.2 Å². The van der Waals surface area contributed by atoms with Gasteiger partial charge < -0.3 is 4.74 Å². The first kappa shape index (κ1) is 27.5. The quantitative estimate of drug-likeness (QED) is 0.180. The topological polar surface area (TPSA) is 25.1 Å². The molecule has 3 aliphatic rings. The Morgan fingerprint density at radius 1 is 0.500 bits per heavy atom. The van der Waals surface area contributed by atoms with Crippen LogP contribution in [-0.2, 0) is 5.41 Å². The van der Waals surface area contributed by atoms with E-state index in [0.717, 1.165) is 28.2 Å². The third kappa shape index (κ3) is 3.56. The van der Waals surface area contributed by atoms with Gasteiger partial charge in [0.2, 0.25) is 0 Å². The Labute approximate surface area is 290 Å². The van der Waals surface area contributed by atoms with E-state index in [2.05, 4.69) is 176 Å². The summed E-state index contributed by atoms with van der Waals surface area (Å²) in [6, 6.07) is 58.8. The van der Waals surface area contributed by atoms with E-state index in [4.69, 9.17) is 9.72 Å². The van der Waals surface area contributed by atoms with E-state index in [1.54, 1.807) is 0 Å². The minimum atomic E-state index is -0.570. The predicted octanol–water partition coefficient (Wildman–Crippen LogP) is 12.1. The SMILES string of the molecule is Cc1ccccc1-c1cc2c(c3c1N3c1cc(-c3ccccc3)c3ccccc3n1)C1(c3ccccc3Oc3ccccc31)c1ccccc1-2. The maximum absolute atomic E-state index is 6.66. The molecule has 234 valence electrons. The fourth-order valence-corrected chi connectivity index (χ4v) is 8.82. The summed E-state index contributed by atoms with van der Waals surface area (Å²) in [5.41, 5.74) is 16.4. The van der Waals surface area contributed by atoms with Crippen LogP contribution in [0.4, 0.5) is 17.2 Å². The lowest BCUT2D eigenvalue weighted by Crippen LogP contribution is -2.32. The van der Waals surface area contributed by atoms with Crippen molar-refractivity contribution in [2.75, 3.05) is 4.90 Å². The van der Waals surface area contributed by atoms with Gasteiger partial charge >= 0.3 is 0 Å². The first-order valence-corrected chi connectivity index (χ1v) is 17.2. The number of aromatic nitrogens is 1.